The van der Waals surface area contributed by atoms with E-state index in [4.69, 9.17) is 0 Å². The molecule has 2 aromatic carbocycles. The van der Waals surface area contributed by atoms with Crippen molar-refractivity contribution in [1.82, 2.24) is 0 Å². The predicted octanol–water partition coefficient (Wildman–Crippen LogP) is 5.54. The Bertz CT molecular complexity index is 735. The number of carbonyl (C=O) groups is 2. The molecule has 0 unspecified atom stereocenters. The van der Waals surface area contributed by atoms with Crippen molar-refractivity contribution in [3.05, 3.63) is 71.8 Å². The average Bonchev–Trinajstić information content (AvgIpc) is 2.68. The molecule has 1 aliphatic carbocycles. The molecule has 1 aliphatic rings. The Balaban J connectivity index is 2.11. The Morgan fingerprint density at radius 3 is 2.04 bits per heavy atom. The zero-order valence-electron chi connectivity index (χ0n) is 15.7. The highest BCUT2D eigenvalue weighted by Gasteiger charge is 2.47. The van der Waals surface area contributed by atoms with Crippen LogP contribution in [0.1, 0.15) is 62.5 Å². The fraction of sp³-hybridized carbons (Fsp3) is 0.417. The molecule has 2 heteroatoms. The number of rotatable bonds is 6. The summed E-state index contributed by atoms with van der Waals surface area (Å²) in [7, 11) is 0. The standard InChI is InChI=1S/C24H28O2/c1-3-11-21(25)24-20(17-12-7-5-8-13-17)16-22(26)19(4-2)23(24)18-14-9-6-10-15-18/h5-10,12-15,19-20,23-24H,3-4,11,16H2,1-2H3/t19-,20+,23-,24-/m0/s1. The predicted molar refractivity (Wildman–Crippen MR) is 105 cm³/mol. The average molecular weight is 348 g/mol. The Labute approximate surface area is 156 Å². The van der Waals surface area contributed by atoms with Crippen molar-refractivity contribution in [2.24, 2.45) is 11.8 Å². The van der Waals surface area contributed by atoms with Crippen LogP contribution in [-0.2, 0) is 9.59 Å². The molecule has 0 N–H and O–H groups in total. The molecule has 26 heavy (non-hydrogen) atoms. The first-order valence-electron chi connectivity index (χ1n) is 9.82. The van der Waals surface area contributed by atoms with Crippen molar-refractivity contribution < 1.29 is 9.59 Å². The Morgan fingerprint density at radius 1 is 0.923 bits per heavy atom. The van der Waals surface area contributed by atoms with Crippen LogP contribution in [0.2, 0.25) is 0 Å². The first-order chi connectivity index (χ1) is 12.7. The highest BCUT2D eigenvalue weighted by Crippen LogP contribution is 2.49. The van der Waals surface area contributed by atoms with Crippen molar-refractivity contribution in [2.45, 2.75) is 51.4 Å². The molecule has 0 spiro atoms. The molecule has 0 heterocycles. The lowest BCUT2D eigenvalue weighted by molar-refractivity contribution is -0.133. The molecule has 0 aromatic heterocycles. The summed E-state index contributed by atoms with van der Waals surface area (Å²) in [5.74, 6) is 0.380. The number of hydrogen-bond acceptors (Lipinski definition) is 2. The van der Waals surface area contributed by atoms with Gasteiger partial charge in [-0.15, -0.1) is 0 Å². The first-order valence-corrected chi connectivity index (χ1v) is 9.82. The minimum atomic E-state index is -0.123. The second-order valence-electron chi connectivity index (χ2n) is 7.38. The molecule has 4 atom stereocenters. The van der Waals surface area contributed by atoms with Gasteiger partial charge in [-0.3, -0.25) is 9.59 Å². The van der Waals surface area contributed by atoms with E-state index in [1.54, 1.807) is 0 Å². The third-order valence-electron chi connectivity index (χ3n) is 5.81. The van der Waals surface area contributed by atoms with Crippen LogP contribution >= 0.6 is 0 Å². The molecule has 0 saturated heterocycles. The number of hydrogen-bond donors (Lipinski definition) is 0. The summed E-state index contributed by atoms with van der Waals surface area (Å²) < 4.78 is 0. The van der Waals surface area contributed by atoms with E-state index >= 15 is 0 Å². The number of ketones is 2. The van der Waals surface area contributed by atoms with E-state index in [0.29, 0.717) is 24.4 Å². The van der Waals surface area contributed by atoms with Gasteiger partial charge in [-0.05, 0) is 24.0 Å². The number of Topliss-reactive ketones (excluding diaryl/α,β-unsaturated/α-hetero) is 2. The topological polar surface area (TPSA) is 34.1 Å². The van der Waals surface area contributed by atoms with E-state index in [-0.39, 0.29) is 23.7 Å². The maximum absolute atomic E-state index is 13.2. The van der Waals surface area contributed by atoms with Crippen LogP contribution in [-0.4, -0.2) is 11.6 Å². The number of carbonyl (C=O) groups excluding carboxylic acids is 2. The van der Waals surface area contributed by atoms with Gasteiger partial charge in [0.05, 0.1) is 0 Å². The van der Waals surface area contributed by atoms with E-state index in [2.05, 4.69) is 38.1 Å². The van der Waals surface area contributed by atoms with Crippen LogP contribution in [0, 0.1) is 11.8 Å². The van der Waals surface area contributed by atoms with Crippen molar-refractivity contribution in [1.29, 1.82) is 0 Å². The van der Waals surface area contributed by atoms with E-state index in [1.807, 2.05) is 36.4 Å². The summed E-state index contributed by atoms with van der Waals surface area (Å²) in [5, 5.41) is 0. The SMILES string of the molecule is CCCC(=O)[C@H]1[C@@H](c2ccccc2)[C@@H](CC)C(=O)C[C@@H]1c1ccccc1. The summed E-state index contributed by atoms with van der Waals surface area (Å²) in [4.78, 5) is 26.2. The zero-order valence-corrected chi connectivity index (χ0v) is 15.7. The largest absolute Gasteiger partial charge is 0.299 e. The van der Waals surface area contributed by atoms with Gasteiger partial charge in [-0.25, -0.2) is 0 Å². The van der Waals surface area contributed by atoms with Crippen LogP contribution < -0.4 is 0 Å². The highest BCUT2D eigenvalue weighted by molar-refractivity contribution is 5.90. The van der Waals surface area contributed by atoms with Gasteiger partial charge in [-0.1, -0.05) is 74.5 Å². The van der Waals surface area contributed by atoms with Crippen molar-refractivity contribution in [3.8, 4) is 0 Å². The van der Waals surface area contributed by atoms with Crippen LogP contribution in [0.3, 0.4) is 0 Å². The van der Waals surface area contributed by atoms with Gasteiger partial charge in [0.2, 0.25) is 0 Å². The fourth-order valence-corrected chi connectivity index (χ4v) is 4.66. The van der Waals surface area contributed by atoms with E-state index in [9.17, 15) is 9.59 Å². The minimum absolute atomic E-state index is 0.0178. The van der Waals surface area contributed by atoms with Gasteiger partial charge < -0.3 is 0 Å². The summed E-state index contributed by atoms with van der Waals surface area (Å²) in [6.45, 7) is 4.13. The van der Waals surface area contributed by atoms with Gasteiger partial charge in [0.15, 0.2) is 0 Å². The lowest BCUT2D eigenvalue weighted by atomic mass is 9.59. The number of benzene rings is 2. The molecular weight excluding hydrogens is 320 g/mol. The molecule has 136 valence electrons. The van der Waals surface area contributed by atoms with E-state index in [1.165, 1.54) is 0 Å². The monoisotopic (exact) mass is 348 g/mol. The van der Waals surface area contributed by atoms with Crippen molar-refractivity contribution >= 4 is 11.6 Å². The van der Waals surface area contributed by atoms with Gasteiger partial charge in [0, 0.05) is 36.5 Å². The maximum atomic E-state index is 13.2. The summed E-state index contributed by atoms with van der Waals surface area (Å²) >= 11 is 0. The molecule has 3 rings (SSSR count). The molecule has 0 radical (unpaired) electrons. The van der Waals surface area contributed by atoms with Gasteiger partial charge in [-0.2, -0.15) is 0 Å². The lowest BCUT2D eigenvalue weighted by Crippen LogP contribution is -2.41. The molecule has 0 amide bonds. The summed E-state index contributed by atoms with van der Waals surface area (Å²) in [6, 6.07) is 20.3. The van der Waals surface area contributed by atoms with Crippen LogP contribution in [0.4, 0.5) is 0 Å². The summed E-state index contributed by atoms with van der Waals surface area (Å²) in [5.41, 5.74) is 2.24. The molecule has 2 aromatic rings. The molecule has 1 saturated carbocycles. The first kappa shape index (κ1) is 18.6. The van der Waals surface area contributed by atoms with Crippen molar-refractivity contribution in [3.63, 3.8) is 0 Å². The Hall–Kier alpha value is -2.22. The van der Waals surface area contributed by atoms with Crippen LogP contribution in [0.25, 0.3) is 0 Å². The van der Waals surface area contributed by atoms with Crippen LogP contribution in [0.15, 0.2) is 60.7 Å². The lowest BCUT2D eigenvalue weighted by Gasteiger charge is -2.42. The third kappa shape index (κ3) is 3.65. The van der Waals surface area contributed by atoms with Crippen molar-refractivity contribution in [2.75, 3.05) is 0 Å². The van der Waals surface area contributed by atoms with Gasteiger partial charge >= 0.3 is 0 Å². The normalized spacial score (nSPS) is 25.8. The minimum Gasteiger partial charge on any atom is -0.299 e. The molecule has 0 aliphatic heterocycles. The molecule has 1 fully saturated rings. The molecular formula is C24H28O2. The van der Waals surface area contributed by atoms with E-state index in [0.717, 1.165) is 24.0 Å². The Kier molecular flexibility index (Phi) is 6.03. The second-order valence-corrected chi connectivity index (χ2v) is 7.38. The molecule has 2 nitrogen and oxygen atoms in total. The maximum Gasteiger partial charge on any atom is 0.137 e. The smallest absolute Gasteiger partial charge is 0.137 e. The zero-order chi connectivity index (χ0) is 18.5. The fourth-order valence-electron chi connectivity index (χ4n) is 4.66. The van der Waals surface area contributed by atoms with Gasteiger partial charge in [0.1, 0.15) is 11.6 Å². The van der Waals surface area contributed by atoms with Crippen LogP contribution in [0.5, 0.6) is 0 Å². The highest BCUT2D eigenvalue weighted by atomic mass is 16.1. The third-order valence-corrected chi connectivity index (χ3v) is 5.81. The summed E-state index contributed by atoms with van der Waals surface area (Å²) in [6.07, 6.45) is 2.70. The Morgan fingerprint density at radius 2 is 1.50 bits per heavy atom. The van der Waals surface area contributed by atoms with Gasteiger partial charge in [0.25, 0.3) is 0 Å². The molecule has 0 bridgehead atoms. The second kappa shape index (κ2) is 8.44. The quantitative estimate of drug-likeness (QED) is 0.687. The van der Waals surface area contributed by atoms with E-state index < -0.39 is 0 Å².